The highest BCUT2D eigenvalue weighted by Crippen LogP contribution is 2.07. The van der Waals surface area contributed by atoms with Crippen LogP contribution in [-0.2, 0) is 9.53 Å². The van der Waals surface area contributed by atoms with Crippen LogP contribution >= 0.6 is 0 Å². The highest BCUT2D eigenvalue weighted by molar-refractivity contribution is 5.69. The number of esters is 1. The minimum atomic E-state index is -0.0441. The molecule has 0 aliphatic rings. The first-order chi connectivity index (χ1) is 7.66. The number of ether oxygens (including phenoxy) is 1. The van der Waals surface area contributed by atoms with E-state index in [4.69, 9.17) is 4.74 Å². The summed E-state index contributed by atoms with van der Waals surface area (Å²) in [5.74, 6) is -0.0441. The van der Waals surface area contributed by atoms with Crippen LogP contribution in [0, 0.1) is 0 Å². The third kappa shape index (κ3) is 11.5. The van der Waals surface area contributed by atoms with E-state index in [1.807, 2.05) is 19.0 Å². The van der Waals surface area contributed by atoms with Gasteiger partial charge in [-0.05, 0) is 20.5 Å². The predicted molar refractivity (Wildman–Crippen MR) is 67.5 cm³/mol. The molecule has 0 aliphatic carbocycles. The van der Waals surface area contributed by atoms with Crippen LogP contribution in [0.5, 0.6) is 0 Å². The van der Waals surface area contributed by atoms with Crippen molar-refractivity contribution in [1.82, 2.24) is 4.90 Å². The maximum absolute atomic E-state index is 11.3. The maximum Gasteiger partial charge on any atom is 0.305 e. The van der Waals surface area contributed by atoms with Crippen molar-refractivity contribution >= 4 is 5.97 Å². The largest absolute Gasteiger partial charge is 0.464 e. The molecule has 0 amide bonds. The van der Waals surface area contributed by atoms with Crippen molar-refractivity contribution in [2.24, 2.45) is 0 Å². The number of carbonyl (C=O) groups is 1. The van der Waals surface area contributed by atoms with Crippen LogP contribution in [-0.4, -0.2) is 38.1 Å². The van der Waals surface area contributed by atoms with E-state index in [-0.39, 0.29) is 5.97 Å². The Labute approximate surface area is 100 Å². The van der Waals surface area contributed by atoms with Gasteiger partial charge in [-0.2, -0.15) is 0 Å². The third-order valence-electron chi connectivity index (χ3n) is 2.54. The average molecular weight is 229 g/mol. The molecule has 0 atom stereocenters. The molecule has 0 aromatic carbocycles. The zero-order chi connectivity index (χ0) is 12.2. The molecule has 0 rings (SSSR count). The smallest absolute Gasteiger partial charge is 0.305 e. The van der Waals surface area contributed by atoms with Gasteiger partial charge in [-0.25, -0.2) is 0 Å². The topological polar surface area (TPSA) is 29.5 Å². The van der Waals surface area contributed by atoms with Crippen LogP contribution in [0.25, 0.3) is 0 Å². The molecule has 3 heteroatoms. The molecule has 0 fully saturated rings. The summed E-state index contributed by atoms with van der Waals surface area (Å²) in [4.78, 5) is 13.3. The SMILES string of the molecule is CCCCCCCCC(=O)OCCN(C)C. The summed E-state index contributed by atoms with van der Waals surface area (Å²) in [5, 5.41) is 0. The number of hydrogen-bond acceptors (Lipinski definition) is 3. The van der Waals surface area contributed by atoms with Gasteiger partial charge < -0.3 is 9.64 Å². The lowest BCUT2D eigenvalue weighted by molar-refractivity contribution is -0.144. The molecule has 0 N–H and O–H groups in total. The van der Waals surface area contributed by atoms with E-state index < -0.39 is 0 Å². The van der Waals surface area contributed by atoms with Crippen molar-refractivity contribution in [3.8, 4) is 0 Å². The fraction of sp³-hybridized carbons (Fsp3) is 0.923. The third-order valence-corrected chi connectivity index (χ3v) is 2.54. The van der Waals surface area contributed by atoms with Gasteiger partial charge in [0.05, 0.1) is 0 Å². The summed E-state index contributed by atoms with van der Waals surface area (Å²) in [7, 11) is 3.95. The van der Waals surface area contributed by atoms with E-state index in [0.717, 1.165) is 19.4 Å². The van der Waals surface area contributed by atoms with Crippen LogP contribution < -0.4 is 0 Å². The molecule has 96 valence electrons. The number of unbranched alkanes of at least 4 members (excludes halogenated alkanes) is 5. The Morgan fingerprint density at radius 1 is 1.06 bits per heavy atom. The maximum atomic E-state index is 11.3. The molecule has 0 aromatic rings. The Bertz CT molecular complexity index is 169. The predicted octanol–water partition coefficient (Wildman–Crippen LogP) is 2.84. The lowest BCUT2D eigenvalue weighted by atomic mass is 10.1. The van der Waals surface area contributed by atoms with E-state index in [1.54, 1.807) is 0 Å². The minimum Gasteiger partial charge on any atom is -0.464 e. The molecule has 3 nitrogen and oxygen atoms in total. The van der Waals surface area contributed by atoms with Gasteiger partial charge in [0.2, 0.25) is 0 Å². The van der Waals surface area contributed by atoms with Gasteiger partial charge >= 0.3 is 5.97 Å². The summed E-state index contributed by atoms with van der Waals surface area (Å²) in [6, 6.07) is 0. The Kier molecular flexibility index (Phi) is 10.5. The quantitative estimate of drug-likeness (QED) is 0.426. The van der Waals surface area contributed by atoms with Crippen molar-refractivity contribution in [3.63, 3.8) is 0 Å². The molecule has 0 heterocycles. The van der Waals surface area contributed by atoms with Crippen molar-refractivity contribution < 1.29 is 9.53 Å². The van der Waals surface area contributed by atoms with Crippen LogP contribution in [0.15, 0.2) is 0 Å². The lowest BCUT2D eigenvalue weighted by Gasteiger charge is -2.09. The zero-order valence-electron chi connectivity index (χ0n) is 11.1. The van der Waals surface area contributed by atoms with E-state index in [9.17, 15) is 4.79 Å². The first-order valence-electron chi connectivity index (χ1n) is 6.47. The van der Waals surface area contributed by atoms with Gasteiger partial charge in [0.15, 0.2) is 0 Å². The van der Waals surface area contributed by atoms with E-state index in [0.29, 0.717) is 13.0 Å². The van der Waals surface area contributed by atoms with E-state index in [1.165, 1.54) is 25.7 Å². The molecule has 0 aliphatic heterocycles. The van der Waals surface area contributed by atoms with E-state index in [2.05, 4.69) is 6.92 Å². The van der Waals surface area contributed by atoms with Crippen LogP contribution in [0.1, 0.15) is 51.9 Å². The van der Waals surface area contributed by atoms with Crippen molar-refractivity contribution in [1.29, 1.82) is 0 Å². The first kappa shape index (κ1) is 15.4. The second-order valence-corrected chi connectivity index (χ2v) is 4.54. The summed E-state index contributed by atoms with van der Waals surface area (Å²) in [6.07, 6.45) is 7.84. The van der Waals surface area contributed by atoms with Crippen molar-refractivity contribution in [3.05, 3.63) is 0 Å². The first-order valence-corrected chi connectivity index (χ1v) is 6.47. The molecular weight excluding hydrogens is 202 g/mol. The molecule has 0 aromatic heterocycles. The zero-order valence-corrected chi connectivity index (χ0v) is 11.1. The van der Waals surface area contributed by atoms with Gasteiger partial charge in [0, 0.05) is 13.0 Å². The number of nitrogens with zero attached hydrogens (tertiary/aromatic N) is 1. The van der Waals surface area contributed by atoms with Gasteiger partial charge in [-0.15, -0.1) is 0 Å². The number of likely N-dealkylation sites (N-methyl/N-ethyl adjacent to an activating group) is 1. The molecular formula is C13H27NO2. The van der Waals surface area contributed by atoms with Gasteiger partial charge in [-0.1, -0.05) is 39.0 Å². The van der Waals surface area contributed by atoms with Crippen LogP contribution in [0.2, 0.25) is 0 Å². The van der Waals surface area contributed by atoms with Gasteiger partial charge in [-0.3, -0.25) is 4.79 Å². The number of carbonyl (C=O) groups excluding carboxylic acids is 1. The Morgan fingerprint density at radius 2 is 1.69 bits per heavy atom. The molecule has 0 spiro atoms. The molecule has 0 saturated heterocycles. The Balaban J connectivity index is 3.17. The van der Waals surface area contributed by atoms with E-state index >= 15 is 0 Å². The molecule has 0 radical (unpaired) electrons. The fourth-order valence-corrected chi connectivity index (χ4v) is 1.46. The van der Waals surface area contributed by atoms with Crippen molar-refractivity contribution in [2.45, 2.75) is 51.9 Å². The van der Waals surface area contributed by atoms with Crippen molar-refractivity contribution in [2.75, 3.05) is 27.2 Å². The summed E-state index contributed by atoms with van der Waals surface area (Å²) < 4.78 is 5.10. The molecule has 0 saturated carbocycles. The molecule has 0 bridgehead atoms. The fourth-order valence-electron chi connectivity index (χ4n) is 1.46. The summed E-state index contributed by atoms with van der Waals surface area (Å²) in [6.45, 7) is 3.53. The Morgan fingerprint density at radius 3 is 2.31 bits per heavy atom. The highest BCUT2D eigenvalue weighted by Gasteiger charge is 2.02. The monoisotopic (exact) mass is 229 g/mol. The average Bonchev–Trinajstić information content (AvgIpc) is 2.22. The van der Waals surface area contributed by atoms with Crippen LogP contribution in [0.3, 0.4) is 0 Å². The van der Waals surface area contributed by atoms with Crippen LogP contribution in [0.4, 0.5) is 0 Å². The Hall–Kier alpha value is -0.570. The summed E-state index contributed by atoms with van der Waals surface area (Å²) >= 11 is 0. The standard InChI is InChI=1S/C13H27NO2/c1-4-5-6-7-8-9-10-13(15)16-12-11-14(2)3/h4-12H2,1-3H3. The second kappa shape index (κ2) is 10.9. The highest BCUT2D eigenvalue weighted by atomic mass is 16.5. The van der Waals surface area contributed by atoms with Gasteiger partial charge in [0.1, 0.15) is 6.61 Å². The normalized spacial score (nSPS) is 10.8. The van der Waals surface area contributed by atoms with Gasteiger partial charge in [0.25, 0.3) is 0 Å². The second-order valence-electron chi connectivity index (χ2n) is 4.54. The summed E-state index contributed by atoms with van der Waals surface area (Å²) in [5.41, 5.74) is 0. The number of hydrogen-bond donors (Lipinski definition) is 0. The molecule has 0 unspecified atom stereocenters. The lowest BCUT2D eigenvalue weighted by Crippen LogP contribution is -2.20. The molecule has 16 heavy (non-hydrogen) atoms. The number of rotatable bonds is 10. The minimum absolute atomic E-state index is 0.0441.